The SMILES string of the molecule is C/C1=C/C(=O)NCCCCN1. The summed E-state index contributed by atoms with van der Waals surface area (Å²) in [7, 11) is 0. The van der Waals surface area contributed by atoms with E-state index in [0.29, 0.717) is 0 Å². The summed E-state index contributed by atoms with van der Waals surface area (Å²) in [6.45, 7) is 3.67. The van der Waals surface area contributed by atoms with E-state index in [4.69, 9.17) is 0 Å². The van der Waals surface area contributed by atoms with E-state index in [0.717, 1.165) is 31.6 Å². The molecule has 1 aliphatic heterocycles. The van der Waals surface area contributed by atoms with Crippen molar-refractivity contribution in [2.45, 2.75) is 19.8 Å². The van der Waals surface area contributed by atoms with Gasteiger partial charge < -0.3 is 10.6 Å². The highest BCUT2D eigenvalue weighted by molar-refractivity contribution is 5.87. The van der Waals surface area contributed by atoms with E-state index in [9.17, 15) is 4.79 Å². The molecule has 1 amide bonds. The molecule has 1 rings (SSSR count). The van der Waals surface area contributed by atoms with Crippen molar-refractivity contribution < 1.29 is 4.79 Å². The average molecular weight is 154 g/mol. The van der Waals surface area contributed by atoms with Gasteiger partial charge in [-0.1, -0.05) is 0 Å². The first kappa shape index (κ1) is 8.11. The van der Waals surface area contributed by atoms with Gasteiger partial charge in [0.2, 0.25) is 5.91 Å². The van der Waals surface area contributed by atoms with Crippen molar-refractivity contribution in [2.75, 3.05) is 13.1 Å². The van der Waals surface area contributed by atoms with Crippen LogP contribution in [0.2, 0.25) is 0 Å². The molecule has 0 spiro atoms. The summed E-state index contributed by atoms with van der Waals surface area (Å²) in [5, 5.41) is 5.95. The molecule has 0 aromatic rings. The third-order valence-electron chi connectivity index (χ3n) is 1.65. The fourth-order valence-electron chi connectivity index (χ4n) is 1.05. The summed E-state index contributed by atoms with van der Waals surface area (Å²) >= 11 is 0. The summed E-state index contributed by atoms with van der Waals surface area (Å²) in [6.07, 6.45) is 3.77. The number of hydrogen-bond acceptors (Lipinski definition) is 2. The molecule has 1 aliphatic rings. The molecule has 0 saturated heterocycles. The predicted molar refractivity (Wildman–Crippen MR) is 44.0 cm³/mol. The van der Waals surface area contributed by atoms with E-state index in [1.807, 2.05) is 6.92 Å². The van der Waals surface area contributed by atoms with Gasteiger partial charge in [0.15, 0.2) is 0 Å². The largest absolute Gasteiger partial charge is 0.388 e. The maximum atomic E-state index is 11.0. The maximum Gasteiger partial charge on any atom is 0.245 e. The molecule has 0 aromatic carbocycles. The number of nitrogens with one attached hydrogen (secondary N) is 2. The minimum absolute atomic E-state index is 0.0110. The van der Waals surface area contributed by atoms with Gasteiger partial charge in [-0.25, -0.2) is 0 Å². The van der Waals surface area contributed by atoms with E-state index >= 15 is 0 Å². The fraction of sp³-hybridized carbons (Fsp3) is 0.625. The van der Waals surface area contributed by atoms with Crippen LogP contribution in [0.4, 0.5) is 0 Å². The molecule has 1 heterocycles. The zero-order chi connectivity index (χ0) is 8.10. The van der Waals surface area contributed by atoms with Crippen molar-refractivity contribution in [1.82, 2.24) is 10.6 Å². The Morgan fingerprint density at radius 3 is 2.64 bits per heavy atom. The van der Waals surface area contributed by atoms with Crippen LogP contribution in [0.25, 0.3) is 0 Å². The summed E-state index contributed by atoms with van der Waals surface area (Å²) in [4.78, 5) is 11.0. The van der Waals surface area contributed by atoms with Crippen LogP contribution in [-0.4, -0.2) is 19.0 Å². The van der Waals surface area contributed by atoms with Crippen LogP contribution in [0.1, 0.15) is 19.8 Å². The molecule has 2 N–H and O–H groups in total. The molecular weight excluding hydrogens is 140 g/mol. The Balaban J connectivity index is 2.50. The molecule has 11 heavy (non-hydrogen) atoms. The lowest BCUT2D eigenvalue weighted by Crippen LogP contribution is -2.22. The van der Waals surface area contributed by atoms with Crippen molar-refractivity contribution in [3.63, 3.8) is 0 Å². The molecule has 0 unspecified atom stereocenters. The second-order valence-corrected chi connectivity index (χ2v) is 2.75. The van der Waals surface area contributed by atoms with Crippen molar-refractivity contribution in [1.29, 1.82) is 0 Å². The van der Waals surface area contributed by atoms with Gasteiger partial charge in [-0.05, 0) is 19.8 Å². The van der Waals surface area contributed by atoms with Crippen LogP contribution in [0.3, 0.4) is 0 Å². The van der Waals surface area contributed by atoms with Crippen LogP contribution in [0.5, 0.6) is 0 Å². The zero-order valence-corrected chi connectivity index (χ0v) is 6.81. The first-order valence-corrected chi connectivity index (χ1v) is 3.99. The van der Waals surface area contributed by atoms with Gasteiger partial charge in [0.05, 0.1) is 0 Å². The first-order chi connectivity index (χ1) is 5.29. The van der Waals surface area contributed by atoms with Crippen LogP contribution < -0.4 is 10.6 Å². The number of carbonyl (C=O) groups excluding carboxylic acids is 1. The molecule has 0 bridgehead atoms. The second kappa shape index (κ2) is 4.01. The Kier molecular flexibility index (Phi) is 2.95. The lowest BCUT2D eigenvalue weighted by Gasteiger charge is -2.01. The molecule has 0 fully saturated rings. The molecular formula is C8H14N2O. The van der Waals surface area contributed by atoms with E-state index in [1.165, 1.54) is 0 Å². The molecule has 62 valence electrons. The first-order valence-electron chi connectivity index (χ1n) is 3.99. The van der Waals surface area contributed by atoms with Crippen LogP contribution in [-0.2, 0) is 4.79 Å². The molecule has 0 aromatic heterocycles. The molecule has 0 aliphatic carbocycles. The Labute approximate surface area is 66.9 Å². The van der Waals surface area contributed by atoms with Crippen molar-refractivity contribution in [3.05, 3.63) is 11.8 Å². The molecule has 3 nitrogen and oxygen atoms in total. The summed E-state index contributed by atoms with van der Waals surface area (Å²) in [5.41, 5.74) is 0.949. The predicted octanol–water partition coefficient (Wildman–Crippen LogP) is 0.390. The number of rotatable bonds is 0. The summed E-state index contributed by atoms with van der Waals surface area (Å²) < 4.78 is 0. The van der Waals surface area contributed by atoms with Crippen LogP contribution in [0.15, 0.2) is 11.8 Å². The summed E-state index contributed by atoms with van der Waals surface area (Å²) in [6, 6.07) is 0. The number of amides is 1. The van der Waals surface area contributed by atoms with Gasteiger partial charge in [-0.2, -0.15) is 0 Å². The van der Waals surface area contributed by atoms with Gasteiger partial charge >= 0.3 is 0 Å². The number of allylic oxidation sites excluding steroid dienone is 1. The highest BCUT2D eigenvalue weighted by Crippen LogP contribution is 1.93. The normalized spacial score (nSPS) is 24.8. The molecule has 3 heteroatoms. The topological polar surface area (TPSA) is 41.1 Å². The Morgan fingerprint density at radius 1 is 1.27 bits per heavy atom. The van der Waals surface area contributed by atoms with E-state index in [2.05, 4.69) is 10.6 Å². The fourth-order valence-corrected chi connectivity index (χ4v) is 1.05. The minimum atomic E-state index is 0.0110. The smallest absolute Gasteiger partial charge is 0.245 e. The van der Waals surface area contributed by atoms with Gasteiger partial charge in [-0.15, -0.1) is 0 Å². The van der Waals surface area contributed by atoms with E-state index in [-0.39, 0.29) is 5.91 Å². The van der Waals surface area contributed by atoms with E-state index in [1.54, 1.807) is 6.08 Å². The van der Waals surface area contributed by atoms with Crippen molar-refractivity contribution in [3.8, 4) is 0 Å². The highest BCUT2D eigenvalue weighted by atomic mass is 16.1. The Bertz CT molecular complexity index is 175. The standard InChI is InChI=1S/C8H14N2O/c1-7-6-8(11)10-5-3-2-4-9-7/h6,9H,2-5H2,1H3,(H,10,11)/b7-6-. The zero-order valence-electron chi connectivity index (χ0n) is 6.81. The molecule has 0 saturated carbocycles. The Morgan fingerprint density at radius 2 is 1.91 bits per heavy atom. The van der Waals surface area contributed by atoms with Gasteiger partial charge in [0, 0.05) is 24.9 Å². The van der Waals surface area contributed by atoms with Gasteiger partial charge in [0.25, 0.3) is 0 Å². The van der Waals surface area contributed by atoms with Crippen molar-refractivity contribution >= 4 is 5.91 Å². The van der Waals surface area contributed by atoms with Crippen molar-refractivity contribution in [2.24, 2.45) is 0 Å². The lowest BCUT2D eigenvalue weighted by atomic mass is 10.3. The lowest BCUT2D eigenvalue weighted by molar-refractivity contribution is -0.116. The quantitative estimate of drug-likeness (QED) is 0.530. The average Bonchev–Trinajstić information content (AvgIpc) is 2.02. The van der Waals surface area contributed by atoms with Crippen LogP contribution in [0, 0.1) is 0 Å². The summed E-state index contributed by atoms with van der Waals surface area (Å²) in [5.74, 6) is 0.0110. The van der Waals surface area contributed by atoms with E-state index < -0.39 is 0 Å². The molecule has 0 atom stereocenters. The molecule has 0 radical (unpaired) electrons. The monoisotopic (exact) mass is 154 g/mol. The number of hydrogen-bond donors (Lipinski definition) is 2. The van der Waals surface area contributed by atoms with Crippen LogP contribution >= 0.6 is 0 Å². The third kappa shape index (κ3) is 3.07. The van der Waals surface area contributed by atoms with Gasteiger partial charge in [-0.3, -0.25) is 4.79 Å². The second-order valence-electron chi connectivity index (χ2n) is 2.75. The van der Waals surface area contributed by atoms with Gasteiger partial charge in [0.1, 0.15) is 0 Å². The number of carbonyl (C=O) groups is 1. The Hall–Kier alpha value is -0.990. The minimum Gasteiger partial charge on any atom is -0.388 e. The highest BCUT2D eigenvalue weighted by Gasteiger charge is 1.99. The maximum absolute atomic E-state index is 11.0. The third-order valence-corrected chi connectivity index (χ3v) is 1.65.